The quantitative estimate of drug-likeness (QED) is 0.681. The second-order valence-corrected chi connectivity index (χ2v) is 5.98. The first-order chi connectivity index (χ1) is 10.9. The van der Waals surface area contributed by atoms with Crippen molar-refractivity contribution in [2.45, 2.75) is 18.0 Å². The van der Waals surface area contributed by atoms with Gasteiger partial charge in [-0.3, -0.25) is 0 Å². The molecule has 0 bridgehead atoms. The van der Waals surface area contributed by atoms with Crippen molar-refractivity contribution in [2.75, 3.05) is 4.72 Å². The summed E-state index contributed by atoms with van der Waals surface area (Å²) < 4.78 is 42.6. The van der Waals surface area contributed by atoms with Gasteiger partial charge in [-0.05, 0) is 49.2 Å². The van der Waals surface area contributed by atoms with E-state index in [1.165, 1.54) is 12.4 Å². The molecular formula is C14H10ClF3N4S. The molecule has 2 aromatic heterocycles. The van der Waals surface area contributed by atoms with Gasteiger partial charge < -0.3 is 4.72 Å². The maximum atomic E-state index is 12.6. The van der Waals surface area contributed by atoms with Crippen LogP contribution in [0.1, 0.15) is 11.3 Å². The first-order valence-corrected chi connectivity index (χ1v) is 7.64. The summed E-state index contributed by atoms with van der Waals surface area (Å²) in [5.41, 5.74) is 0.932. The Morgan fingerprint density at radius 1 is 1.22 bits per heavy atom. The molecule has 4 nitrogen and oxygen atoms in total. The second-order valence-electron chi connectivity index (χ2n) is 4.73. The molecule has 0 radical (unpaired) electrons. The minimum Gasteiger partial charge on any atom is -0.308 e. The van der Waals surface area contributed by atoms with Crippen LogP contribution in [0.15, 0.2) is 41.6 Å². The molecule has 0 spiro atoms. The lowest BCUT2D eigenvalue weighted by molar-refractivity contribution is -0.137. The number of halogens is 4. The number of rotatable bonds is 3. The number of anilines is 1. The second kappa shape index (κ2) is 5.93. The average molecular weight is 359 g/mol. The summed E-state index contributed by atoms with van der Waals surface area (Å²) in [6.45, 7) is 1.91. The monoisotopic (exact) mass is 358 g/mol. The van der Waals surface area contributed by atoms with Crippen molar-refractivity contribution in [2.24, 2.45) is 0 Å². The molecule has 1 aromatic carbocycles. The molecular weight excluding hydrogens is 349 g/mol. The predicted molar refractivity (Wildman–Crippen MR) is 83.7 cm³/mol. The van der Waals surface area contributed by atoms with Crippen LogP contribution in [0.4, 0.5) is 19.0 Å². The van der Waals surface area contributed by atoms with Gasteiger partial charge in [-0.2, -0.15) is 18.3 Å². The molecule has 9 heteroatoms. The molecule has 120 valence electrons. The van der Waals surface area contributed by atoms with E-state index in [0.717, 1.165) is 35.3 Å². The van der Waals surface area contributed by atoms with E-state index in [1.807, 2.05) is 19.1 Å². The van der Waals surface area contributed by atoms with Gasteiger partial charge in [0.1, 0.15) is 11.8 Å². The van der Waals surface area contributed by atoms with Gasteiger partial charge in [-0.25, -0.2) is 9.50 Å². The highest BCUT2D eigenvalue weighted by Crippen LogP contribution is 2.35. The largest absolute Gasteiger partial charge is 0.416 e. The topological polar surface area (TPSA) is 42.2 Å². The van der Waals surface area contributed by atoms with Gasteiger partial charge in [0.15, 0.2) is 5.82 Å². The highest BCUT2D eigenvalue weighted by atomic mass is 35.5. The third-order valence-corrected chi connectivity index (χ3v) is 4.45. The fraction of sp³-hybridized carbons (Fsp3) is 0.143. The van der Waals surface area contributed by atoms with E-state index in [0.29, 0.717) is 10.7 Å². The molecule has 0 fully saturated rings. The van der Waals surface area contributed by atoms with E-state index in [2.05, 4.69) is 14.8 Å². The van der Waals surface area contributed by atoms with Crippen LogP contribution >= 0.6 is 23.5 Å². The third-order valence-electron chi connectivity index (χ3n) is 3.16. The molecule has 0 aliphatic rings. The van der Waals surface area contributed by atoms with Gasteiger partial charge in [0.05, 0.1) is 10.6 Å². The molecule has 0 amide bonds. The molecule has 0 unspecified atom stereocenters. The number of alkyl halides is 3. The Bertz CT molecular complexity index is 863. The molecule has 0 saturated carbocycles. The van der Waals surface area contributed by atoms with Crippen molar-refractivity contribution in [3.63, 3.8) is 0 Å². The van der Waals surface area contributed by atoms with Crippen LogP contribution < -0.4 is 4.72 Å². The number of aromatic nitrogens is 3. The number of hydrogen-bond acceptors (Lipinski definition) is 4. The van der Waals surface area contributed by atoms with Gasteiger partial charge in [-0.15, -0.1) is 0 Å². The minimum absolute atomic E-state index is 0.0222. The molecule has 0 aliphatic carbocycles. The average Bonchev–Trinajstić information content (AvgIpc) is 2.87. The Morgan fingerprint density at radius 2 is 2.00 bits per heavy atom. The van der Waals surface area contributed by atoms with Crippen LogP contribution in [-0.2, 0) is 6.18 Å². The van der Waals surface area contributed by atoms with E-state index >= 15 is 0 Å². The fourth-order valence-electron chi connectivity index (χ4n) is 2.01. The van der Waals surface area contributed by atoms with Gasteiger partial charge in [-0.1, -0.05) is 11.6 Å². The standard InChI is InChI=1S/C14H10ClF3N4S/c1-8-2-4-11-13(19-7-20-22(8)11)21-23-12-5-3-9(6-10(12)15)14(16,17)18/h2-7H,1H3,(H,19,20,21). The number of nitrogens with zero attached hydrogens (tertiary/aromatic N) is 3. The first-order valence-electron chi connectivity index (χ1n) is 6.45. The molecule has 3 aromatic rings. The lowest BCUT2D eigenvalue weighted by atomic mass is 10.2. The lowest BCUT2D eigenvalue weighted by Gasteiger charge is -2.10. The van der Waals surface area contributed by atoms with Crippen molar-refractivity contribution >= 4 is 34.9 Å². The summed E-state index contributed by atoms with van der Waals surface area (Å²) in [6.07, 6.45) is -3.01. The Kier molecular flexibility index (Phi) is 4.11. The number of aryl methyl sites for hydroxylation is 1. The SMILES string of the molecule is Cc1ccc2c(NSc3ccc(C(F)(F)F)cc3Cl)ncnn12. The number of benzene rings is 1. The summed E-state index contributed by atoms with van der Waals surface area (Å²) in [7, 11) is 0. The number of nitrogens with one attached hydrogen (secondary N) is 1. The minimum atomic E-state index is -4.41. The Morgan fingerprint density at radius 3 is 2.70 bits per heavy atom. The van der Waals surface area contributed by atoms with Gasteiger partial charge >= 0.3 is 6.18 Å². The summed E-state index contributed by atoms with van der Waals surface area (Å²) in [4.78, 5) is 4.61. The van der Waals surface area contributed by atoms with E-state index in [9.17, 15) is 13.2 Å². The highest BCUT2D eigenvalue weighted by Gasteiger charge is 2.30. The van der Waals surface area contributed by atoms with E-state index in [4.69, 9.17) is 11.6 Å². The molecule has 2 heterocycles. The molecule has 1 N–H and O–H groups in total. The van der Waals surface area contributed by atoms with Gasteiger partial charge in [0.2, 0.25) is 0 Å². The third kappa shape index (κ3) is 3.23. The van der Waals surface area contributed by atoms with Gasteiger partial charge in [0.25, 0.3) is 0 Å². The Labute approximate surface area is 138 Å². The summed E-state index contributed by atoms with van der Waals surface area (Å²) >= 11 is 7.02. The highest BCUT2D eigenvalue weighted by molar-refractivity contribution is 8.00. The molecule has 0 aliphatic heterocycles. The van der Waals surface area contributed by atoms with Crippen LogP contribution in [0.2, 0.25) is 5.02 Å². The lowest BCUT2D eigenvalue weighted by Crippen LogP contribution is -2.04. The van der Waals surface area contributed by atoms with Crippen LogP contribution in [0, 0.1) is 6.92 Å². The van der Waals surface area contributed by atoms with E-state index in [1.54, 1.807) is 4.52 Å². The first kappa shape index (κ1) is 15.9. The van der Waals surface area contributed by atoms with Crippen molar-refractivity contribution in [1.29, 1.82) is 0 Å². The zero-order valence-electron chi connectivity index (χ0n) is 11.7. The zero-order chi connectivity index (χ0) is 16.6. The van der Waals surface area contributed by atoms with Crippen LogP contribution in [0.5, 0.6) is 0 Å². The van der Waals surface area contributed by atoms with Gasteiger partial charge in [0, 0.05) is 10.6 Å². The normalized spacial score (nSPS) is 11.9. The number of hydrogen-bond donors (Lipinski definition) is 1. The summed E-state index contributed by atoms with van der Waals surface area (Å²) in [5, 5.41) is 4.14. The number of fused-ring (bicyclic) bond motifs is 1. The summed E-state index contributed by atoms with van der Waals surface area (Å²) in [5.74, 6) is 0.550. The van der Waals surface area contributed by atoms with Crippen molar-refractivity contribution < 1.29 is 13.2 Å². The predicted octanol–water partition coefficient (Wildman–Crippen LogP) is 4.83. The zero-order valence-corrected chi connectivity index (χ0v) is 13.3. The molecule has 0 saturated heterocycles. The Balaban J connectivity index is 1.83. The van der Waals surface area contributed by atoms with Crippen LogP contribution in [-0.4, -0.2) is 14.6 Å². The molecule has 3 rings (SSSR count). The van der Waals surface area contributed by atoms with Crippen molar-refractivity contribution in [1.82, 2.24) is 14.6 Å². The maximum Gasteiger partial charge on any atom is 0.416 e. The van der Waals surface area contributed by atoms with Crippen LogP contribution in [0.25, 0.3) is 5.52 Å². The fourth-order valence-corrected chi connectivity index (χ4v) is 2.96. The van der Waals surface area contributed by atoms with Crippen molar-refractivity contribution in [3.8, 4) is 0 Å². The van der Waals surface area contributed by atoms with E-state index in [-0.39, 0.29) is 5.02 Å². The van der Waals surface area contributed by atoms with Crippen molar-refractivity contribution in [3.05, 3.63) is 52.9 Å². The Hall–Kier alpha value is -1.93. The molecule has 0 atom stereocenters. The maximum absolute atomic E-state index is 12.6. The molecule has 23 heavy (non-hydrogen) atoms. The van der Waals surface area contributed by atoms with E-state index < -0.39 is 11.7 Å². The van der Waals surface area contributed by atoms with Crippen LogP contribution in [0.3, 0.4) is 0 Å². The smallest absolute Gasteiger partial charge is 0.308 e. The summed E-state index contributed by atoms with van der Waals surface area (Å²) in [6, 6.07) is 6.97.